The van der Waals surface area contributed by atoms with Crippen LogP contribution < -0.4 is 10.6 Å². The molecule has 3 aromatic rings. The molecule has 0 aliphatic carbocycles. The molecule has 3 rings (SSSR count). The second-order valence-electron chi connectivity index (χ2n) is 5.86. The first-order valence-electron chi connectivity index (χ1n) is 8.17. The molecule has 0 radical (unpaired) electrons. The normalized spacial score (nSPS) is 11.3. The number of hydrogen-bond donors (Lipinski definition) is 2. The number of nitrogens with zero attached hydrogens (tertiary/aromatic N) is 2. The van der Waals surface area contributed by atoms with Gasteiger partial charge in [0.1, 0.15) is 0 Å². The molecule has 3 aromatic carbocycles. The van der Waals surface area contributed by atoms with E-state index in [9.17, 15) is 0 Å². The Bertz CT molecular complexity index is 791. The van der Waals surface area contributed by atoms with E-state index in [0.29, 0.717) is 5.56 Å². The zero-order valence-corrected chi connectivity index (χ0v) is 13.9. The molecule has 4 heteroatoms. The molecule has 0 heterocycles. The van der Waals surface area contributed by atoms with Crippen molar-refractivity contribution in [2.24, 2.45) is 10.9 Å². The van der Waals surface area contributed by atoms with Crippen molar-refractivity contribution in [3.8, 4) is 0 Å². The summed E-state index contributed by atoms with van der Waals surface area (Å²) in [6.45, 7) is 1.55. The lowest BCUT2D eigenvalue weighted by Gasteiger charge is -2.26. The Morgan fingerprint density at radius 1 is 0.800 bits per heavy atom. The van der Waals surface area contributed by atoms with Crippen molar-refractivity contribution < 1.29 is 5.21 Å². The first-order valence-corrected chi connectivity index (χ1v) is 8.17. The van der Waals surface area contributed by atoms with Gasteiger partial charge in [0.15, 0.2) is 5.84 Å². The van der Waals surface area contributed by atoms with Crippen LogP contribution in [0.2, 0.25) is 0 Å². The molecular formula is C21H21N3O. The van der Waals surface area contributed by atoms with Crippen molar-refractivity contribution in [3.63, 3.8) is 0 Å². The quantitative estimate of drug-likeness (QED) is 0.311. The Labute approximate surface area is 147 Å². The highest BCUT2D eigenvalue weighted by Gasteiger charge is 2.10. The molecule has 0 bridgehead atoms. The van der Waals surface area contributed by atoms with Crippen LogP contribution in [0.4, 0.5) is 5.69 Å². The van der Waals surface area contributed by atoms with E-state index < -0.39 is 0 Å². The van der Waals surface area contributed by atoms with Gasteiger partial charge in [-0.25, -0.2) is 0 Å². The van der Waals surface area contributed by atoms with E-state index >= 15 is 0 Å². The minimum Gasteiger partial charge on any atom is -0.409 e. The summed E-state index contributed by atoms with van der Waals surface area (Å²) in [6, 6.07) is 28.4. The third kappa shape index (κ3) is 4.38. The van der Waals surface area contributed by atoms with Gasteiger partial charge in [-0.1, -0.05) is 78.0 Å². The largest absolute Gasteiger partial charge is 0.409 e. The highest BCUT2D eigenvalue weighted by atomic mass is 16.4. The van der Waals surface area contributed by atoms with Gasteiger partial charge in [-0.3, -0.25) is 0 Å². The highest BCUT2D eigenvalue weighted by Crippen LogP contribution is 2.21. The van der Waals surface area contributed by atoms with E-state index in [2.05, 4.69) is 34.3 Å². The van der Waals surface area contributed by atoms with Crippen LogP contribution >= 0.6 is 0 Å². The SMILES string of the molecule is N/C(=N\O)c1cccc(N(Cc2ccccc2)Cc2ccccc2)c1. The second kappa shape index (κ2) is 8.02. The van der Waals surface area contributed by atoms with Gasteiger partial charge in [0.2, 0.25) is 0 Å². The van der Waals surface area contributed by atoms with Crippen LogP contribution in [0.3, 0.4) is 0 Å². The van der Waals surface area contributed by atoms with Crippen LogP contribution in [0.25, 0.3) is 0 Å². The minimum atomic E-state index is 0.112. The summed E-state index contributed by atoms with van der Waals surface area (Å²) in [6.07, 6.45) is 0. The molecule has 25 heavy (non-hydrogen) atoms. The molecule has 0 aliphatic rings. The van der Waals surface area contributed by atoms with Gasteiger partial charge in [0.05, 0.1) is 0 Å². The third-order valence-electron chi connectivity index (χ3n) is 4.05. The van der Waals surface area contributed by atoms with E-state index in [1.54, 1.807) is 0 Å². The number of nitrogens with two attached hydrogens (primary N) is 1. The number of anilines is 1. The predicted octanol–water partition coefficient (Wildman–Crippen LogP) is 3.99. The number of oxime groups is 1. The zero-order valence-electron chi connectivity index (χ0n) is 13.9. The van der Waals surface area contributed by atoms with Gasteiger partial charge >= 0.3 is 0 Å². The first kappa shape index (κ1) is 16.6. The molecular weight excluding hydrogens is 310 g/mol. The van der Waals surface area contributed by atoms with E-state index in [1.165, 1.54) is 11.1 Å². The van der Waals surface area contributed by atoms with Gasteiger partial charge in [0.25, 0.3) is 0 Å². The fraction of sp³-hybridized carbons (Fsp3) is 0.0952. The maximum Gasteiger partial charge on any atom is 0.170 e. The van der Waals surface area contributed by atoms with Crippen LogP contribution in [0, 0.1) is 0 Å². The fourth-order valence-electron chi connectivity index (χ4n) is 2.77. The molecule has 0 atom stereocenters. The molecule has 4 nitrogen and oxygen atoms in total. The molecule has 0 spiro atoms. The molecule has 3 N–H and O–H groups in total. The van der Waals surface area contributed by atoms with Gasteiger partial charge in [0, 0.05) is 24.3 Å². The van der Waals surface area contributed by atoms with E-state index in [1.807, 2.05) is 60.7 Å². The van der Waals surface area contributed by atoms with E-state index in [-0.39, 0.29) is 5.84 Å². The smallest absolute Gasteiger partial charge is 0.170 e. The van der Waals surface area contributed by atoms with E-state index in [0.717, 1.165) is 18.8 Å². The van der Waals surface area contributed by atoms with Gasteiger partial charge < -0.3 is 15.8 Å². The summed E-state index contributed by atoms with van der Waals surface area (Å²) >= 11 is 0. The molecule has 126 valence electrons. The van der Waals surface area contributed by atoms with Crippen molar-refractivity contribution >= 4 is 11.5 Å². The van der Waals surface area contributed by atoms with Crippen LogP contribution in [0.15, 0.2) is 90.1 Å². The Morgan fingerprint density at radius 3 is 1.88 bits per heavy atom. The Balaban J connectivity index is 1.93. The van der Waals surface area contributed by atoms with Crippen LogP contribution in [0.5, 0.6) is 0 Å². The summed E-state index contributed by atoms with van der Waals surface area (Å²) in [5, 5.41) is 12.0. The Hall–Kier alpha value is -3.27. The summed E-state index contributed by atoms with van der Waals surface area (Å²) in [4.78, 5) is 2.28. The minimum absolute atomic E-state index is 0.112. The maximum atomic E-state index is 8.94. The number of amidine groups is 1. The lowest BCUT2D eigenvalue weighted by atomic mass is 10.1. The molecule has 0 aliphatic heterocycles. The predicted molar refractivity (Wildman–Crippen MR) is 102 cm³/mol. The number of hydrogen-bond acceptors (Lipinski definition) is 3. The zero-order chi connectivity index (χ0) is 17.5. The van der Waals surface area contributed by atoms with Gasteiger partial charge in [-0.05, 0) is 23.3 Å². The fourth-order valence-corrected chi connectivity index (χ4v) is 2.77. The van der Waals surface area contributed by atoms with Crippen molar-refractivity contribution in [2.45, 2.75) is 13.1 Å². The average Bonchev–Trinajstić information content (AvgIpc) is 2.68. The van der Waals surface area contributed by atoms with Crippen molar-refractivity contribution in [1.82, 2.24) is 0 Å². The first-order chi connectivity index (χ1) is 12.3. The van der Waals surface area contributed by atoms with Gasteiger partial charge in [-0.15, -0.1) is 0 Å². The van der Waals surface area contributed by atoms with E-state index in [4.69, 9.17) is 10.9 Å². The summed E-state index contributed by atoms with van der Waals surface area (Å²) in [5.41, 5.74) is 9.93. The molecule has 0 unspecified atom stereocenters. The Morgan fingerprint density at radius 2 is 1.36 bits per heavy atom. The van der Waals surface area contributed by atoms with Crippen molar-refractivity contribution in [2.75, 3.05) is 4.90 Å². The molecule has 0 fully saturated rings. The average molecular weight is 331 g/mol. The summed E-state index contributed by atoms with van der Waals surface area (Å²) in [7, 11) is 0. The topological polar surface area (TPSA) is 61.9 Å². The lowest BCUT2D eigenvalue weighted by molar-refractivity contribution is 0.318. The summed E-state index contributed by atoms with van der Waals surface area (Å²) in [5.74, 6) is 0.112. The summed E-state index contributed by atoms with van der Waals surface area (Å²) < 4.78 is 0. The lowest BCUT2D eigenvalue weighted by Crippen LogP contribution is -2.23. The number of rotatable bonds is 6. The monoisotopic (exact) mass is 331 g/mol. The van der Waals surface area contributed by atoms with Gasteiger partial charge in [-0.2, -0.15) is 0 Å². The van der Waals surface area contributed by atoms with Crippen LogP contribution in [-0.2, 0) is 13.1 Å². The standard InChI is InChI=1S/C21H21N3O/c22-21(23-25)19-12-7-13-20(14-19)24(15-17-8-3-1-4-9-17)16-18-10-5-2-6-11-18/h1-14,25H,15-16H2,(H2,22,23). The molecule has 0 saturated carbocycles. The van der Waals surface area contributed by atoms with Crippen LogP contribution in [-0.4, -0.2) is 11.0 Å². The van der Waals surface area contributed by atoms with Crippen LogP contribution in [0.1, 0.15) is 16.7 Å². The van der Waals surface area contributed by atoms with Crippen molar-refractivity contribution in [1.29, 1.82) is 0 Å². The molecule has 0 saturated heterocycles. The Kier molecular flexibility index (Phi) is 5.32. The van der Waals surface area contributed by atoms with Crippen molar-refractivity contribution in [3.05, 3.63) is 102 Å². The maximum absolute atomic E-state index is 8.94. The highest BCUT2D eigenvalue weighted by molar-refractivity contribution is 5.97. The number of benzene rings is 3. The molecule has 0 amide bonds. The third-order valence-corrected chi connectivity index (χ3v) is 4.05. The molecule has 0 aromatic heterocycles. The second-order valence-corrected chi connectivity index (χ2v) is 5.86.